The largest absolute Gasteiger partial charge is 0.494 e. The number of carbonyl (C=O) groups excluding carboxylic acids is 1. The van der Waals surface area contributed by atoms with Crippen LogP contribution < -0.4 is 9.47 Å². The zero-order chi connectivity index (χ0) is 23.8. The molecule has 1 aromatic heterocycles. The van der Waals surface area contributed by atoms with Crippen LogP contribution in [-0.2, 0) is 11.3 Å². The Hall–Kier alpha value is -2.95. The first-order valence-corrected chi connectivity index (χ1v) is 12.2. The summed E-state index contributed by atoms with van der Waals surface area (Å²) in [6.07, 6.45) is 3.25. The van der Waals surface area contributed by atoms with Crippen molar-refractivity contribution in [3.05, 3.63) is 48.2 Å². The number of benzene rings is 2. The van der Waals surface area contributed by atoms with Gasteiger partial charge in [0.25, 0.3) is 0 Å². The summed E-state index contributed by atoms with van der Waals surface area (Å²) in [5.74, 6) is 1.86. The Kier molecular flexibility index (Phi) is 8.81. The number of hydrogen-bond donors (Lipinski definition) is 0. The van der Waals surface area contributed by atoms with E-state index in [-0.39, 0.29) is 5.97 Å². The Morgan fingerprint density at radius 2 is 1.67 bits per heavy atom. The van der Waals surface area contributed by atoms with Crippen molar-refractivity contribution in [3.63, 3.8) is 0 Å². The second kappa shape index (κ2) is 11.8. The monoisotopic (exact) mass is 451 g/mol. The Morgan fingerprint density at radius 3 is 2.30 bits per heavy atom. The number of hydrogen-bond acceptors (Lipinski definition) is 4. The summed E-state index contributed by atoms with van der Waals surface area (Å²) < 4.78 is 19.4. The third-order valence-corrected chi connectivity index (χ3v) is 5.75. The minimum atomic E-state index is -0.310. The number of fused-ring (bicyclic) bond motifs is 1. The van der Waals surface area contributed by atoms with Crippen molar-refractivity contribution in [2.45, 2.75) is 60.4 Å². The maximum Gasteiger partial charge on any atom is 0.355 e. The second-order valence-corrected chi connectivity index (χ2v) is 8.44. The molecule has 0 amide bonds. The molecule has 5 heteroatoms. The first kappa shape index (κ1) is 24.7. The second-order valence-electron chi connectivity index (χ2n) is 8.44. The van der Waals surface area contributed by atoms with Gasteiger partial charge >= 0.3 is 5.97 Å². The quantitative estimate of drug-likeness (QED) is 0.275. The van der Waals surface area contributed by atoms with Gasteiger partial charge in [-0.2, -0.15) is 0 Å². The summed E-state index contributed by atoms with van der Waals surface area (Å²) in [5.41, 5.74) is 3.40. The lowest BCUT2D eigenvalue weighted by Crippen LogP contribution is -2.12. The molecule has 0 bridgehead atoms. The first-order chi connectivity index (χ1) is 16.0. The number of rotatable bonds is 12. The minimum absolute atomic E-state index is 0.310. The number of ether oxygens (including phenoxy) is 3. The molecule has 0 aliphatic rings. The number of esters is 1. The first-order valence-electron chi connectivity index (χ1n) is 12.2. The molecule has 33 heavy (non-hydrogen) atoms. The van der Waals surface area contributed by atoms with E-state index in [1.807, 2.05) is 60.9 Å². The topological polar surface area (TPSA) is 49.7 Å². The maximum atomic E-state index is 13.1. The standard InChI is InChI=1S/C28H37NO4/c1-6-10-20(5)19-33-22-13-11-21(12-14-22)26-24-18-23(32-17-7-2)15-16-25(24)29(8-3)27(26)28(30)31-9-4/h11-16,18,20H,6-10,17,19H2,1-5H3. The molecule has 1 unspecified atom stereocenters. The summed E-state index contributed by atoms with van der Waals surface area (Å²) >= 11 is 0. The minimum Gasteiger partial charge on any atom is -0.494 e. The van der Waals surface area contributed by atoms with Crippen LogP contribution in [0, 0.1) is 5.92 Å². The van der Waals surface area contributed by atoms with Crippen LogP contribution in [-0.4, -0.2) is 30.4 Å². The third-order valence-electron chi connectivity index (χ3n) is 5.75. The van der Waals surface area contributed by atoms with Crippen LogP contribution in [0.2, 0.25) is 0 Å². The van der Waals surface area contributed by atoms with Crippen LogP contribution in [0.3, 0.4) is 0 Å². The van der Waals surface area contributed by atoms with E-state index in [0.717, 1.165) is 52.8 Å². The van der Waals surface area contributed by atoms with Crippen LogP contribution in [0.4, 0.5) is 0 Å². The van der Waals surface area contributed by atoms with Gasteiger partial charge in [0, 0.05) is 23.0 Å². The molecule has 1 atom stereocenters. The molecule has 0 aliphatic heterocycles. The Labute approximate surface area is 197 Å². The third kappa shape index (κ3) is 5.70. The predicted molar refractivity (Wildman–Crippen MR) is 134 cm³/mol. The van der Waals surface area contributed by atoms with E-state index in [9.17, 15) is 4.79 Å². The summed E-state index contributed by atoms with van der Waals surface area (Å²) in [5, 5.41) is 0.985. The van der Waals surface area contributed by atoms with Crippen molar-refractivity contribution >= 4 is 16.9 Å². The van der Waals surface area contributed by atoms with Crippen LogP contribution in [0.1, 0.15) is 64.4 Å². The molecule has 0 saturated heterocycles. The molecule has 3 aromatic rings. The summed E-state index contributed by atoms with van der Waals surface area (Å²) in [6.45, 7) is 12.7. The fourth-order valence-corrected chi connectivity index (χ4v) is 4.21. The smallest absolute Gasteiger partial charge is 0.355 e. The number of aromatic nitrogens is 1. The molecule has 2 aromatic carbocycles. The SMILES string of the molecule is CCCOc1ccc2c(c1)c(-c1ccc(OCC(C)CCC)cc1)c(C(=O)OCC)n2CC. The molecule has 0 radical (unpaired) electrons. The molecule has 0 spiro atoms. The molecular formula is C28H37NO4. The van der Waals surface area contributed by atoms with Gasteiger partial charge in [-0.3, -0.25) is 0 Å². The van der Waals surface area contributed by atoms with Gasteiger partial charge in [-0.15, -0.1) is 0 Å². The average molecular weight is 452 g/mol. The molecule has 0 fully saturated rings. The van der Waals surface area contributed by atoms with Crippen LogP contribution in [0.15, 0.2) is 42.5 Å². The van der Waals surface area contributed by atoms with E-state index in [1.165, 1.54) is 0 Å². The van der Waals surface area contributed by atoms with Crippen molar-refractivity contribution in [1.82, 2.24) is 4.57 Å². The van der Waals surface area contributed by atoms with Crippen molar-refractivity contribution < 1.29 is 19.0 Å². The molecule has 1 heterocycles. The molecule has 178 valence electrons. The van der Waals surface area contributed by atoms with E-state index in [0.29, 0.717) is 38.0 Å². The molecule has 0 N–H and O–H groups in total. The molecular weight excluding hydrogens is 414 g/mol. The van der Waals surface area contributed by atoms with Crippen molar-refractivity contribution in [2.24, 2.45) is 5.92 Å². The Bertz CT molecular complexity index is 1050. The van der Waals surface area contributed by atoms with E-state index in [4.69, 9.17) is 14.2 Å². The number of nitrogens with zero attached hydrogens (tertiary/aromatic N) is 1. The average Bonchev–Trinajstić information content (AvgIpc) is 3.15. The van der Waals surface area contributed by atoms with Gasteiger partial charge in [-0.1, -0.05) is 39.3 Å². The van der Waals surface area contributed by atoms with Gasteiger partial charge in [-0.25, -0.2) is 4.79 Å². The maximum absolute atomic E-state index is 13.1. The van der Waals surface area contributed by atoms with Crippen LogP contribution in [0.5, 0.6) is 11.5 Å². The summed E-state index contributed by atoms with van der Waals surface area (Å²) in [7, 11) is 0. The number of carbonyl (C=O) groups is 1. The van der Waals surface area contributed by atoms with Crippen LogP contribution >= 0.6 is 0 Å². The fraction of sp³-hybridized carbons (Fsp3) is 0.464. The highest BCUT2D eigenvalue weighted by atomic mass is 16.5. The van der Waals surface area contributed by atoms with Crippen molar-refractivity contribution in [1.29, 1.82) is 0 Å². The number of aryl methyl sites for hydroxylation is 1. The Morgan fingerprint density at radius 1 is 0.939 bits per heavy atom. The molecule has 3 rings (SSSR count). The van der Waals surface area contributed by atoms with E-state index in [2.05, 4.69) is 20.8 Å². The molecule has 5 nitrogen and oxygen atoms in total. The lowest BCUT2D eigenvalue weighted by molar-refractivity contribution is 0.0515. The lowest BCUT2D eigenvalue weighted by atomic mass is 10.0. The highest BCUT2D eigenvalue weighted by molar-refractivity contribution is 6.09. The highest BCUT2D eigenvalue weighted by Crippen LogP contribution is 2.38. The summed E-state index contributed by atoms with van der Waals surface area (Å²) in [4.78, 5) is 13.1. The van der Waals surface area contributed by atoms with E-state index < -0.39 is 0 Å². The van der Waals surface area contributed by atoms with Gasteiger partial charge in [-0.05, 0) is 68.5 Å². The predicted octanol–water partition coefficient (Wildman–Crippen LogP) is 7.11. The Balaban J connectivity index is 2.06. The zero-order valence-electron chi connectivity index (χ0n) is 20.6. The van der Waals surface area contributed by atoms with Gasteiger partial charge < -0.3 is 18.8 Å². The normalized spacial score (nSPS) is 12.0. The fourth-order valence-electron chi connectivity index (χ4n) is 4.21. The van der Waals surface area contributed by atoms with E-state index >= 15 is 0 Å². The lowest BCUT2D eigenvalue weighted by Gasteiger charge is -2.13. The van der Waals surface area contributed by atoms with Gasteiger partial charge in [0.05, 0.1) is 19.8 Å². The van der Waals surface area contributed by atoms with Gasteiger partial charge in [0.15, 0.2) is 0 Å². The zero-order valence-corrected chi connectivity index (χ0v) is 20.6. The van der Waals surface area contributed by atoms with Crippen LogP contribution in [0.25, 0.3) is 22.0 Å². The molecule has 0 saturated carbocycles. The van der Waals surface area contributed by atoms with Crippen molar-refractivity contribution in [3.8, 4) is 22.6 Å². The van der Waals surface area contributed by atoms with E-state index in [1.54, 1.807) is 0 Å². The van der Waals surface area contributed by atoms with Gasteiger partial charge in [0.1, 0.15) is 17.2 Å². The summed E-state index contributed by atoms with van der Waals surface area (Å²) in [6, 6.07) is 14.0. The van der Waals surface area contributed by atoms with Gasteiger partial charge in [0.2, 0.25) is 0 Å². The van der Waals surface area contributed by atoms with Crippen molar-refractivity contribution in [2.75, 3.05) is 19.8 Å². The highest BCUT2D eigenvalue weighted by Gasteiger charge is 2.25. The molecule has 0 aliphatic carbocycles.